The van der Waals surface area contributed by atoms with Crippen LogP contribution < -0.4 is 0 Å². The van der Waals surface area contributed by atoms with Gasteiger partial charge in [0.05, 0.1) is 11.6 Å². The molecule has 1 aromatic heterocycles. The van der Waals surface area contributed by atoms with Gasteiger partial charge in [-0.05, 0) is 17.7 Å². The summed E-state index contributed by atoms with van der Waals surface area (Å²) in [6, 6.07) is 9.70. The van der Waals surface area contributed by atoms with E-state index >= 15 is 0 Å². The molecule has 0 unspecified atom stereocenters. The van der Waals surface area contributed by atoms with E-state index in [0.717, 1.165) is 12.2 Å². The Morgan fingerprint density at radius 1 is 1.33 bits per heavy atom. The maximum atomic E-state index is 8.66. The molecule has 0 fully saturated rings. The highest BCUT2D eigenvalue weighted by Crippen LogP contribution is 2.08. The Bertz CT molecular complexity index is 488. The van der Waals surface area contributed by atoms with E-state index in [1.165, 1.54) is 5.56 Å². The molecule has 74 valence electrons. The number of nitrogens with zero attached hydrogens (tertiary/aromatic N) is 3. The highest BCUT2D eigenvalue weighted by atomic mass is 15.0. The smallest absolute Gasteiger partial charge is 0.112 e. The van der Waals surface area contributed by atoms with Gasteiger partial charge in [-0.2, -0.15) is 5.26 Å². The number of hydrogen-bond donors (Lipinski definition) is 0. The number of aryl methyl sites for hydroxylation is 1. The number of benzene rings is 1. The van der Waals surface area contributed by atoms with E-state index < -0.39 is 0 Å². The summed E-state index contributed by atoms with van der Waals surface area (Å²) in [5, 5.41) is 8.66. The van der Waals surface area contributed by atoms with E-state index in [-0.39, 0.29) is 0 Å². The van der Waals surface area contributed by atoms with Crippen LogP contribution in [-0.4, -0.2) is 9.55 Å². The quantitative estimate of drug-likeness (QED) is 0.737. The van der Waals surface area contributed by atoms with Gasteiger partial charge < -0.3 is 4.57 Å². The molecular formula is C12H11N3. The summed E-state index contributed by atoms with van der Waals surface area (Å²) in [5.41, 5.74) is 1.86. The van der Waals surface area contributed by atoms with Crippen molar-refractivity contribution in [1.82, 2.24) is 9.55 Å². The van der Waals surface area contributed by atoms with Crippen molar-refractivity contribution < 1.29 is 0 Å². The van der Waals surface area contributed by atoms with Gasteiger partial charge in [0.2, 0.25) is 0 Å². The van der Waals surface area contributed by atoms with Crippen molar-refractivity contribution in [2.24, 2.45) is 7.05 Å². The van der Waals surface area contributed by atoms with Gasteiger partial charge in [0, 0.05) is 25.9 Å². The third-order valence-corrected chi connectivity index (χ3v) is 2.37. The van der Waals surface area contributed by atoms with Crippen LogP contribution in [0.5, 0.6) is 0 Å². The molecule has 0 atom stereocenters. The van der Waals surface area contributed by atoms with Gasteiger partial charge in [-0.1, -0.05) is 12.1 Å². The lowest BCUT2D eigenvalue weighted by molar-refractivity contribution is 0.822. The molecule has 0 aliphatic rings. The fourth-order valence-electron chi connectivity index (χ4n) is 1.45. The third-order valence-electron chi connectivity index (χ3n) is 2.37. The largest absolute Gasteiger partial charge is 0.338 e. The predicted molar refractivity (Wildman–Crippen MR) is 57.2 cm³/mol. The molecule has 0 amide bonds. The molecular weight excluding hydrogens is 186 g/mol. The normalized spacial score (nSPS) is 9.87. The first kappa shape index (κ1) is 9.47. The topological polar surface area (TPSA) is 41.6 Å². The first-order valence-electron chi connectivity index (χ1n) is 4.75. The van der Waals surface area contributed by atoms with E-state index in [9.17, 15) is 0 Å². The molecule has 3 heteroatoms. The van der Waals surface area contributed by atoms with Crippen LogP contribution in [0.1, 0.15) is 17.0 Å². The molecule has 2 rings (SSSR count). The highest BCUT2D eigenvalue weighted by Gasteiger charge is 2.00. The van der Waals surface area contributed by atoms with Crippen LogP contribution in [0.4, 0.5) is 0 Å². The number of hydrogen-bond acceptors (Lipinski definition) is 2. The number of nitriles is 1. The fourth-order valence-corrected chi connectivity index (χ4v) is 1.45. The SMILES string of the molecule is Cn1ccnc1Cc1ccc(C#N)cc1. The summed E-state index contributed by atoms with van der Waals surface area (Å²) in [7, 11) is 1.98. The molecule has 3 nitrogen and oxygen atoms in total. The number of aromatic nitrogens is 2. The molecule has 1 aromatic carbocycles. The molecule has 1 heterocycles. The second-order valence-electron chi connectivity index (χ2n) is 3.44. The maximum Gasteiger partial charge on any atom is 0.112 e. The van der Waals surface area contributed by atoms with Crippen molar-refractivity contribution in [3.05, 3.63) is 53.6 Å². The average molecular weight is 197 g/mol. The van der Waals surface area contributed by atoms with Crippen LogP contribution in [0, 0.1) is 11.3 Å². The lowest BCUT2D eigenvalue weighted by Crippen LogP contribution is -1.98. The standard InChI is InChI=1S/C12H11N3/c1-15-7-6-14-12(15)8-10-2-4-11(9-13)5-3-10/h2-7H,8H2,1H3. The van der Waals surface area contributed by atoms with Gasteiger partial charge in [-0.3, -0.25) is 0 Å². The zero-order chi connectivity index (χ0) is 10.7. The summed E-state index contributed by atoms with van der Waals surface area (Å²) in [6.45, 7) is 0. The molecule has 0 spiro atoms. The molecule has 0 aliphatic carbocycles. The first-order chi connectivity index (χ1) is 7.29. The van der Waals surface area contributed by atoms with E-state index in [1.807, 2.05) is 42.1 Å². The Morgan fingerprint density at radius 2 is 2.07 bits per heavy atom. The Hall–Kier alpha value is -2.08. The Kier molecular flexibility index (Phi) is 2.51. The van der Waals surface area contributed by atoms with Crippen LogP contribution in [0.3, 0.4) is 0 Å². The monoisotopic (exact) mass is 197 g/mol. The van der Waals surface area contributed by atoms with Crippen LogP contribution >= 0.6 is 0 Å². The van der Waals surface area contributed by atoms with E-state index in [4.69, 9.17) is 5.26 Å². The van der Waals surface area contributed by atoms with Crippen molar-refractivity contribution >= 4 is 0 Å². The molecule has 0 saturated carbocycles. The van der Waals surface area contributed by atoms with E-state index in [1.54, 1.807) is 6.20 Å². The van der Waals surface area contributed by atoms with Crippen LogP contribution in [-0.2, 0) is 13.5 Å². The van der Waals surface area contributed by atoms with Crippen molar-refractivity contribution in [3.63, 3.8) is 0 Å². The van der Waals surface area contributed by atoms with Crippen molar-refractivity contribution in [2.75, 3.05) is 0 Å². The fraction of sp³-hybridized carbons (Fsp3) is 0.167. The minimum Gasteiger partial charge on any atom is -0.338 e. The second-order valence-corrected chi connectivity index (χ2v) is 3.44. The van der Waals surface area contributed by atoms with E-state index in [2.05, 4.69) is 11.1 Å². The number of rotatable bonds is 2. The van der Waals surface area contributed by atoms with Crippen molar-refractivity contribution in [3.8, 4) is 6.07 Å². The zero-order valence-corrected chi connectivity index (χ0v) is 8.51. The van der Waals surface area contributed by atoms with Crippen LogP contribution in [0.2, 0.25) is 0 Å². The van der Waals surface area contributed by atoms with Gasteiger partial charge in [0.25, 0.3) is 0 Å². The summed E-state index contributed by atoms with van der Waals surface area (Å²) in [4.78, 5) is 4.25. The number of imidazole rings is 1. The molecule has 0 N–H and O–H groups in total. The minimum absolute atomic E-state index is 0.693. The Labute approximate surface area is 88.6 Å². The summed E-state index contributed by atoms with van der Waals surface area (Å²) in [5.74, 6) is 1.03. The zero-order valence-electron chi connectivity index (χ0n) is 8.51. The van der Waals surface area contributed by atoms with Crippen LogP contribution in [0.15, 0.2) is 36.7 Å². The molecule has 2 aromatic rings. The maximum absolute atomic E-state index is 8.66. The van der Waals surface area contributed by atoms with Crippen molar-refractivity contribution in [2.45, 2.75) is 6.42 Å². The Balaban J connectivity index is 2.19. The second kappa shape index (κ2) is 3.97. The predicted octanol–water partition coefficient (Wildman–Crippen LogP) is 1.88. The first-order valence-corrected chi connectivity index (χ1v) is 4.75. The van der Waals surface area contributed by atoms with Crippen LogP contribution in [0.25, 0.3) is 0 Å². The van der Waals surface area contributed by atoms with Gasteiger partial charge >= 0.3 is 0 Å². The average Bonchev–Trinajstić information content (AvgIpc) is 2.66. The lowest BCUT2D eigenvalue weighted by atomic mass is 10.1. The molecule has 0 radical (unpaired) electrons. The van der Waals surface area contributed by atoms with Crippen molar-refractivity contribution in [1.29, 1.82) is 5.26 Å². The molecule has 0 saturated heterocycles. The summed E-state index contributed by atoms with van der Waals surface area (Å²) >= 11 is 0. The van der Waals surface area contributed by atoms with Gasteiger partial charge in [0.15, 0.2) is 0 Å². The van der Waals surface area contributed by atoms with Gasteiger partial charge in [-0.25, -0.2) is 4.98 Å². The molecule has 0 bridgehead atoms. The lowest BCUT2D eigenvalue weighted by Gasteiger charge is -2.01. The van der Waals surface area contributed by atoms with Gasteiger partial charge in [0.1, 0.15) is 5.82 Å². The minimum atomic E-state index is 0.693. The highest BCUT2D eigenvalue weighted by molar-refractivity contribution is 5.32. The Morgan fingerprint density at radius 3 is 2.60 bits per heavy atom. The molecule has 15 heavy (non-hydrogen) atoms. The summed E-state index contributed by atoms with van der Waals surface area (Å²) < 4.78 is 2.00. The molecule has 0 aliphatic heterocycles. The van der Waals surface area contributed by atoms with E-state index in [0.29, 0.717) is 5.56 Å². The summed E-state index contributed by atoms with van der Waals surface area (Å²) in [6.07, 6.45) is 4.52. The third kappa shape index (κ3) is 2.05. The van der Waals surface area contributed by atoms with Gasteiger partial charge in [-0.15, -0.1) is 0 Å².